The van der Waals surface area contributed by atoms with Gasteiger partial charge in [-0.05, 0) is 98.5 Å². The average Bonchev–Trinajstić information content (AvgIpc) is 3.93. The van der Waals surface area contributed by atoms with E-state index in [1.165, 1.54) is 16.0 Å². The minimum atomic E-state index is -1.08. The van der Waals surface area contributed by atoms with Gasteiger partial charge in [-0.15, -0.1) is 0 Å². The Bertz CT molecular complexity index is 2510. The summed E-state index contributed by atoms with van der Waals surface area (Å²) in [6, 6.07) is 15.7. The Hall–Kier alpha value is -5.90. The first-order valence-corrected chi connectivity index (χ1v) is 23.3. The Morgan fingerprint density at radius 1 is 1.08 bits per heavy atom. The van der Waals surface area contributed by atoms with Gasteiger partial charge < -0.3 is 33.9 Å². The van der Waals surface area contributed by atoms with E-state index in [0.29, 0.717) is 58.3 Å². The maximum atomic E-state index is 14.7. The number of fused-ring (bicyclic) bond motifs is 6. The summed E-state index contributed by atoms with van der Waals surface area (Å²) in [5, 5.41) is 5.55. The van der Waals surface area contributed by atoms with E-state index in [1.54, 1.807) is 25.3 Å². The second-order valence-electron chi connectivity index (χ2n) is 18.9. The Kier molecular flexibility index (Phi) is 13.8. The number of aromatic nitrogens is 2. The van der Waals surface area contributed by atoms with Crippen LogP contribution in [0.1, 0.15) is 76.3 Å². The first-order chi connectivity index (χ1) is 31.7. The maximum Gasteiger partial charge on any atom is 0.324 e. The summed E-state index contributed by atoms with van der Waals surface area (Å²) in [4.78, 5) is 77.4. The molecule has 4 amide bonds. The Morgan fingerprint density at radius 2 is 1.86 bits per heavy atom. The molecular formula is C51H63N7O8. The summed E-state index contributed by atoms with van der Waals surface area (Å²) in [6.07, 6.45) is 4.93. The second-order valence-corrected chi connectivity index (χ2v) is 18.9. The number of pyridine rings is 1. The van der Waals surface area contributed by atoms with Crippen molar-refractivity contribution < 1.29 is 38.2 Å². The molecule has 2 aromatic heterocycles. The van der Waals surface area contributed by atoms with Gasteiger partial charge in [0.2, 0.25) is 17.7 Å². The zero-order chi connectivity index (χ0) is 46.9. The molecule has 0 spiro atoms. The maximum absolute atomic E-state index is 14.7. The van der Waals surface area contributed by atoms with Crippen molar-refractivity contribution in [3.63, 3.8) is 0 Å². The third-order valence-corrected chi connectivity index (χ3v) is 13.8. The molecule has 4 aromatic rings. The predicted octanol–water partition coefficient (Wildman–Crippen LogP) is 5.40. The number of hydrogen-bond donors (Lipinski definition) is 2. The van der Waals surface area contributed by atoms with E-state index < -0.39 is 53.3 Å². The number of likely N-dealkylation sites (tertiary alicyclic amines) is 1. The number of hydrazine groups is 1. The van der Waals surface area contributed by atoms with Gasteiger partial charge in [0, 0.05) is 81.4 Å². The summed E-state index contributed by atoms with van der Waals surface area (Å²) < 4.78 is 20.1. The fourth-order valence-corrected chi connectivity index (χ4v) is 10.1. The van der Waals surface area contributed by atoms with Crippen molar-refractivity contribution in [2.24, 2.45) is 11.3 Å². The van der Waals surface area contributed by atoms with Crippen LogP contribution in [0.15, 0.2) is 73.4 Å². The molecule has 2 aromatic carbocycles. The molecule has 6 atom stereocenters. The van der Waals surface area contributed by atoms with Gasteiger partial charge in [-0.3, -0.25) is 34.0 Å². The van der Waals surface area contributed by atoms with Crippen LogP contribution in [0.5, 0.6) is 0 Å². The molecule has 66 heavy (non-hydrogen) atoms. The average molecular weight is 902 g/mol. The number of benzene rings is 2. The van der Waals surface area contributed by atoms with Crippen LogP contribution in [-0.4, -0.2) is 125 Å². The van der Waals surface area contributed by atoms with Crippen LogP contribution in [0.2, 0.25) is 0 Å². The number of aryl methyl sites for hydroxylation is 1. The van der Waals surface area contributed by atoms with E-state index >= 15 is 0 Å². The zero-order valence-corrected chi connectivity index (χ0v) is 39.0. The highest BCUT2D eigenvalue weighted by Gasteiger charge is 2.44. The monoisotopic (exact) mass is 901 g/mol. The number of methoxy groups -OCH3 is 1. The van der Waals surface area contributed by atoms with Crippen LogP contribution >= 0.6 is 0 Å². The second kappa shape index (κ2) is 19.5. The molecule has 8 rings (SSSR count). The molecule has 3 saturated heterocycles. The van der Waals surface area contributed by atoms with Gasteiger partial charge in [0.15, 0.2) is 0 Å². The van der Waals surface area contributed by atoms with E-state index in [-0.39, 0.29) is 37.5 Å². The molecule has 0 radical (unpaired) electrons. The number of esters is 1. The molecule has 15 heteroatoms. The van der Waals surface area contributed by atoms with Crippen LogP contribution in [0.3, 0.4) is 0 Å². The number of cyclic esters (lactones) is 1. The van der Waals surface area contributed by atoms with Crippen molar-refractivity contribution >= 4 is 40.5 Å². The molecule has 15 nitrogen and oxygen atoms in total. The number of carbonyl (C=O) groups excluding carboxylic acids is 5. The van der Waals surface area contributed by atoms with Crippen molar-refractivity contribution in [2.75, 3.05) is 47.0 Å². The van der Waals surface area contributed by atoms with Crippen LogP contribution in [0, 0.1) is 11.3 Å². The minimum absolute atomic E-state index is 0.127. The van der Waals surface area contributed by atoms with Crippen LogP contribution in [0.4, 0.5) is 0 Å². The molecule has 4 aliphatic heterocycles. The van der Waals surface area contributed by atoms with Gasteiger partial charge in [0.05, 0.1) is 36.1 Å². The SMILES string of the molecule is C=CC(=O)N1CC[C@H](C(=O)N(C)[C@H](C(=O)N[C@H]2Cc3cccc(c3)-c3ccc4c(c3)c(c(-c3cccnc3[C@H](C)OC)n4CC)CC(C)(C)COC(=O)[C@@H]3CCCN(N3)C2=O)[C@H]2CCO2)C1. The molecule has 0 unspecified atom stereocenters. The van der Waals surface area contributed by atoms with Crippen LogP contribution in [-0.2, 0) is 57.6 Å². The number of rotatable bonds is 10. The molecular weight excluding hydrogens is 839 g/mol. The van der Waals surface area contributed by atoms with E-state index in [1.807, 2.05) is 31.2 Å². The van der Waals surface area contributed by atoms with Crippen molar-refractivity contribution in [1.29, 1.82) is 0 Å². The van der Waals surface area contributed by atoms with Gasteiger partial charge in [0.25, 0.3) is 5.91 Å². The van der Waals surface area contributed by atoms with E-state index in [0.717, 1.165) is 50.1 Å². The first kappa shape index (κ1) is 46.6. The highest BCUT2D eigenvalue weighted by molar-refractivity contribution is 5.96. The number of amides is 4. The number of likely N-dealkylation sites (N-methyl/N-ethyl adjacent to an activating group) is 1. The zero-order valence-electron chi connectivity index (χ0n) is 39.0. The normalized spacial score (nSPS) is 23.0. The molecule has 6 bridgehead atoms. The largest absolute Gasteiger partial charge is 0.464 e. The van der Waals surface area contributed by atoms with Gasteiger partial charge >= 0.3 is 5.97 Å². The highest BCUT2D eigenvalue weighted by atomic mass is 16.5. The van der Waals surface area contributed by atoms with Gasteiger partial charge in [-0.2, -0.15) is 0 Å². The summed E-state index contributed by atoms with van der Waals surface area (Å²) in [5.41, 5.74) is 10.4. The lowest BCUT2D eigenvalue weighted by Gasteiger charge is -2.40. The molecule has 2 N–H and O–H groups in total. The molecule has 0 saturated carbocycles. The first-order valence-electron chi connectivity index (χ1n) is 23.3. The lowest BCUT2D eigenvalue weighted by molar-refractivity contribution is -0.158. The van der Waals surface area contributed by atoms with Gasteiger partial charge in [-0.25, -0.2) is 5.43 Å². The fourth-order valence-electron chi connectivity index (χ4n) is 10.1. The van der Waals surface area contributed by atoms with Crippen molar-refractivity contribution in [1.82, 2.24) is 35.1 Å². The number of hydrogen-bond acceptors (Lipinski definition) is 10. The number of carbonyl (C=O) groups is 5. The van der Waals surface area contributed by atoms with Crippen LogP contribution in [0.25, 0.3) is 33.3 Å². The Morgan fingerprint density at radius 3 is 2.59 bits per heavy atom. The van der Waals surface area contributed by atoms with Gasteiger partial charge in [0.1, 0.15) is 18.1 Å². The standard InChI is InChI=1S/C51H63N7O8/c1-8-43(59)56-23-19-35(29-56)48(61)55(6)46(42-20-24-65-42)47(60)53-40-26-32-13-10-14-33(25-32)34-17-18-41-37(27-34)38(45(57(41)9-2)36-15-11-21-52-44(36)31(3)64-7)28-51(4,5)30-66-50(63)39-16-12-22-58(54-39)49(40)62/h8,10-11,13-15,17-18,21,25,27,31,35,39-40,42,46,54H,1,9,12,16,19-20,22-24,26,28-30H2,2-7H3,(H,53,60)/t31-,35-,39-,40-,42+,46-/m0/s1. The lowest BCUT2D eigenvalue weighted by Crippen LogP contribution is -2.64. The summed E-state index contributed by atoms with van der Waals surface area (Å²) in [7, 11) is 3.27. The van der Waals surface area contributed by atoms with Crippen LogP contribution < -0.4 is 10.7 Å². The quantitative estimate of drug-likeness (QED) is 0.156. The molecule has 4 aliphatic rings. The fraction of sp³-hybridized carbons (Fsp3) is 0.490. The topological polar surface area (TPSA) is 165 Å². The molecule has 6 heterocycles. The van der Waals surface area contributed by atoms with Crippen molar-refractivity contribution in [3.8, 4) is 22.4 Å². The third-order valence-electron chi connectivity index (χ3n) is 13.8. The Labute approximate surface area is 386 Å². The summed E-state index contributed by atoms with van der Waals surface area (Å²) in [6.45, 7) is 14.1. The van der Waals surface area contributed by atoms with Gasteiger partial charge in [-0.1, -0.05) is 50.8 Å². The molecule has 0 aliphatic carbocycles. The predicted molar refractivity (Wildman–Crippen MR) is 249 cm³/mol. The number of nitrogens with zero attached hydrogens (tertiary/aromatic N) is 5. The lowest BCUT2D eigenvalue weighted by atomic mass is 9.84. The van der Waals surface area contributed by atoms with E-state index in [9.17, 15) is 24.0 Å². The summed E-state index contributed by atoms with van der Waals surface area (Å²) >= 11 is 0. The van der Waals surface area contributed by atoms with Crippen molar-refractivity contribution in [2.45, 2.75) is 103 Å². The summed E-state index contributed by atoms with van der Waals surface area (Å²) in [5.74, 6) is -2.41. The minimum Gasteiger partial charge on any atom is -0.464 e. The van der Waals surface area contributed by atoms with E-state index in [4.69, 9.17) is 19.2 Å². The smallest absolute Gasteiger partial charge is 0.324 e. The molecule has 350 valence electrons. The number of ether oxygens (including phenoxy) is 3. The third kappa shape index (κ3) is 9.38. The van der Waals surface area contributed by atoms with E-state index in [2.05, 4.69) is 73.0 Å². The molecule has 3 fully saturated rings. The number of nitrogens with one attached hydrogen (secondary N) is 2. The Balaban J connectivity index is 1.18. The highest BCUT2D eigenvalue weighted by Crippen LogP contribution is 2.42. The van der Waals surface area contributed by atoms with Crippen molar-refractivity contribution in [3.05, 3.63) is 90.3 Å².